The van der Waals surface area contributed by atoms with Crippen molar-refractivity contribution in [1.82, 2.24) is 24.6 Å². The average molecular weight is 398 g/mol. The quantitative estimate of drug-likeness (QED) is 0.730. The number of thiazole rings is 1. The van der Waals surface area contributed by atoms with Gasteiger partial charge in [-0.05, 0) is 38.3 Å². The fourth-order valence-electron chi connectivity index (χ4n) is 3.63. The van der Waals surface area contributed by atoms with Crippen molar-refractivity contribution in [2.24, 2.45) is 0 Å². The topological polar surface area (TPSA) is 79.6 Å². The van der Waals surface area contributed by atoms with Gasteiger partial charge in [0.25, 0.3) is 11.5 Å². The fraction of sp³-hybridized carbons (Fsp3) is 0.400. The van der Waals surface area contributed by atoms with Gasteiger partial charge >= 0.3 is 0 Å². The third-order valence-electron chi connectivity index (χ3n) is 5.20. The predicted molar refractivity (Wildman–Crippen MR) is 109 cm³/mol. The Balaban J connectivity index is 1.38. The van der Waals surface area contributed by atoms with Gasteiger partial charge in [0.2, 0.25) is 0 Å². The number of amides is 1. The third kappa shape index (κ3) is 3.83. The normalized spacial score (nSPS) is 15.8. The number of nitrogens with one attached hydrogen (secondary N) is 1. The molecular weight excluding hydrogens is 374 g/mol. The van der Waals surface area contributed by atoms with E-state index in [0.717, 1.165) is 42.9 Å². The number of piperidine rings is 1. The van der Waals surface area contributed by atoms with E-state index in [1.165, 1.54) is 11.3 Å². The molecule has 0 saturated carbocycles. The summed E-state index contributed by atoms with van der Waals surface area (Å²) in [6.07, 6.45) is 3.52. The van der Waals surface area contributed by atoms with E-state index in [0.29, 0.717) is 17.1 Å². The summed E-state index contributed by atoms with van der Waals surface area (Å²) < 4.78 is 1.59. The smallest absolute Gasteiger partial charge is 0.263 e. The molecule has 8 heteroatoms. The Morgan fingerprint density at radius 1 is 1.32 bits per heavy atom. The Morgan fingerprint density at radius 2 is 2.11 bits per heavy atom. The molecule has 146 valence electrons. The zero-order chi connectivity index (χ0) is 19.7. The van der Waals surface area contributed by atoms with Crippen LogP contribution in [-0.4, -0.2) is 44.3 Å². The second kappa shape index (κ2) is 7.81. The van der Waals surface area contributed by atoms with Crippen LogP contribution in [0.5, 0.6) is 0 Å². The number of aryl methyl sites for hydroxylation is 2. The second-order valence-corrected chi connectivity index (χ2v) is 8.12. The van der Waals surface area contributed by atoms with E-state index < -0.39 is 0 Å². The lowest BCUT2D eigenvalue weighted by Crippen LogP contribution is -2.44. The van der Waals surface area contributed by atoms with Crippen molar-refractivity contribution in [3.63, 3.8) is 0 Å². The van der Waals surface area contributed by atoms with Gasteiger partial charge in [0.1, 0.15) is 10.5 Å². The molecular formula is C20H23N5O2S. The maximum Gasteiger partial charge on any atom is 0.263 e. The number of hydrogen-bond acceptors (Lipinski definition) is 6. The number of rotatable bonds is 4. The monoisotopic (exact) mass is 397 g/mol. The maximum atomic E-state index is 12.4. The van der Waals surface area contributed by atoms with Gasteiger partial charge in [-0.1, -0.05) is 6.07 Å². The van der Waals surface area contributed by atoms with Crippen molar-refractivity contribution in [3.8, 4) is 0 Å². The summed E-state index contributed by atoms with van der Waals surface area (Å²) >= 11 is 1.38. The average Bonchev–Trinajstić information content (AvgIpc) is 3.10. The third-order valence-corrected chi connectivity index (χ3v) is 6.13. The van der Waals surface area contributed by atoms with Gasteiger partial charge in [0.15, 0.2) is 0 Å². The number of aromatic nitrogens is 3. The van der Waals surface area contributed by atoms with Crippen LogP contribution in [-0.2, 0) is 6.54 Å². The highest BCUT2D eigenvalue weighted by atomic mass is 32.1. The van der Waals surface area contributed by atoms with E-state index >= 15 is 0 Å². The molecule has 0 aliphatic carbocycles. The Hall–Kier alpha value is -2.58. The largest absolute Gasteiger partial charge is 0.348 e. The molecule has 7 nitrogen and oxygen atoms in total. The van der Waals surface area contributed by atoms with E-state index in [9.17, 15) is 9.59 Å². The molecule has 0 radical (unpaired) electrons. The molecule has 0 aromatic carbocycles. The van der Waals surface area contributed by atoms with Gasteiger partial charge in [-0.3, -0.25) is 18.9 Å². The van der Waals surface area contributed by atoms with Gasteiger partial charge < -0.3 is 5.32 Å². The molecule has 0 spiro atoms. The Labute approximate surface area is 167 Å². The van der Waals surface area contributed by atoms with Crippen molar-refractivity contribution < 1.29 is 4.79 Å². The molecule has 4 heterocycles. The molecule has 1 aliphatic heterocycles. The number of fused-ring (bicyclic) bond motifs is 1. The molecule has 4 rings (SSSR count). The molecule has 1 fully saturated rings. The standard InChI is InChI=1S/C20H23N5O2S/c1-13-4-3-7-25-17(26)10-16(22-19(13)25)11-24-8-5-15(6-9-24)23-20(27)18-14(2)21-12-28-18/h3-4,7,10,12,15H,5-6,8-9,11H2,1-2H3,(H,23,27). The van der Waals surface area contributed by atoms with Crippen LogP contribution in [0.3, 0.4) is 0 Å². The summed E-state index contributed by atoms with van der Waals surface area (Å²) in [5.41, 5.74) is 4.93. The molecule has 0 bridgehead atoms. The van der Waals surface area contributed by atoms with E-state index in [-0.39, 0.29) is 17.5 Å². The van der Waals surface area contributed by atoms with Crippen LogP contribution in [0.2, 0.25) is 0 Å². The summed E-state index contributed by atoms with van der Waals surface area (Å²) in [5.74, 6) is -0.0295. The number of likely N-dealkylation sites (tertiary alicyclic amines) is 1. The number of carbonyl (C=O) groups is 1. The molecule has 1 aliphatic rings. The lowest BCUT2D eigenvalue weighted by atomic mass is 10.0. The van der Waals surface area contributed by atoms with Crippen LogP contribution >= 0.6 is 11.3 Å². The van der Waals surface area contributed by atoms with Crippen LogP contribution in [0.25, 0.3) is 5.65 Å². The summed E-state index contributed by atoms with van der Waals surface area (Å²) in [5, 5.41) is 3.12. The molecule has 1 saturated heterocycles. The summed E-state index contributed by atoms with van der Waals surface area (Å²) in [6, 6.07) is 5.61. The lowest BCUT2D eigenvalue weighted by Gasteiger charge is -2.32. The minimum Gasteiger partial charge on any atom is -0.348 e. The maximum absolute atomic E-state index is 12.4. The minimum absolute atomic E-state index is 0.0295. The predicted octanol–water partition coefficient (Wildman–Crippen LogP) is 2.16. The number of hydrogen-bond donors (Lipinski definition) is 1. The van der Waals surface area contributed by atoms with Gasteiger partial charge in [-0.25, -0.2) is 9.97 Å². The number of pyridine rings is 1. The first kappa shape index (κ1) is 18.8. The molecule has 0 unspecified atom stereocenters. The first-order chi connectivity index (χ1) is 13.5. The minimum atomic E-state index is -0.0502. The van der Waals surface area contributed by atoms with Gasteiger partial charge in [0.05, 0.1) is 16.9 Å². The van der Waals surface area contributed by atoms with Crippen LogP contribution in [0.15, 0.2) is 34.7 Å². The van der Waals surface area contributed by atoms with Gasteiger partial charge in [0, 0.05) is 37.9 Å². The van der Waals surface area contributed by atoms with Crippen molar-refractivity contribution in [2.45, 2.75) is 39.3 Å². The first-order valence-electron chi connectivity index (χ1n) is 9.42. The SMILES string of the molecule is Cc1ncsc1C(=O)NC1CCN(Cc2cc(=O)n3cccc(C)c3n2)CC1. The van der Waals surface area contributed by atoms with E-state index in [2.05, 4.69) is 20.2 Å². The molecule has 0 atom stereocenters. The fourth-order valence-corrected chi connectivity index (χ4v) is 4.33. The highest BCUT2D eigenvalue weighted by Crippen LogP contribution is 2.16. The van der Waals surface area contributed by atoms with Crippen molar-refractivity contribution >= 4 is 22.9 Å². The van der Waals surface area contributed by atoms with Crippen LogP contribution in [0.4, 0.5) is 0 Å². The number of nitrogens with zero attached hydrogens (tertiary/aromatic N) is 4. The van der Waals surface area contributed by atoms with Gasteiger partial charge in [-0.2, -0.15) is 0 Å². The summed E-state index contributed by atoms with van der Waals surface area (Å²) in [4.78, 5) is 36.5. The van der Waals surface area contributed by atoms with Crippen LogP contribution in [0.1, 0.15) is 39.5 Å². The molecule has 28 heavy (non-hydrogen) atoms. The van der Waals surface area contributed by atoms with E-state index in [1.807, 2.05) is 26.0 Å². The van der Waals surface area contributed by atoms with Crippen molar-refractivity contribution in [2.75, 3.05) is 13.1 Å². The zero-order valence-electron chi connectivity index (χ0n) is 16.0. The molecule has 3 aromatic heterocycles. The highest BCUT2D eigenvalue weighted by Gasteiger charge is 2.23. The Kier molecular flexibility index (Phi) is 5.23. The molecule has 1 amide bonds. The number of carbonyl (C=O) groups excluding carboxylic acids is 1. The van der Waals surface area contributed by atoms with E-state index in [1.54, 1.807) is 22.2 Å². The van der Waals surface area contributed by atoms with Crippen molar-refractivity contribution in [1.29, 1.82) is 0 Å². The molecule has 1 N–H and O–H groups in total. The van der Waals surface area contributed by atoms with Crippen molar-refractivity contribution in [3.05, 3.63) is 62.1 Å². The van der Waals surface area contributed by atoms with Crippen LogP contribution < -0.4 is 10.9 Å². The lowest BCUT2D eigenvalue weighted by molar-refractivity contribution is 0.0912. The summed E-state index contributed by atoms with van der Waals surface area (Å²) in [6.45, 7) is 6.19. The molecule has 3 aromatic rings. The van der Waals surface area contributed by atoms with Crippen LogP contribution in [0, 0.1) is 13.8 Å². The second-order valence-electron chi connectivity index (χ2n) is 7.26. The first-order valence-corrected chi connectivity index (χ1v) is 10.3. The summed E-state index contributed by atoms with van der Waals surface area (Å²) in [7, 11) is 0. The highest BCUT2D eigenvalue weighted by molar-refractivity contribution is 7.11. The van der Waals surface area contributed by atoms with Gasteiger partial charge in [-0.15, -0.1) is 11.3 Å². The Bertz CT molecular complexity index is 1070. The van der Waals surface area contributed by atoms with E-state index in [4.69, 9.17) is 0 Å². The zero-order valence-corrected chi connectivity index (χ0v) is 16.8. The Morgan fingerprint density at radius 3 is 2.82 bits per heavy atom.